The lowest BCUT2D eigenvalue weighted by Gasteiger charge is -2.11. The monoisotopic (exact) mass is 519 g/mol. The van der Waals surface area contributed by atoms with Crippen LogP contribution in [-0.2, 0) is 0 Å². The number of benzene rings is 4. The van der Waals surface area contributed by atoms with Gasteiger partial charge in [0, 0.05) is 28.0 Å². The zero-order valence-corrected chi connectivity index (χ0v) is 22.9. The van der Waals surface area contributed by atoms with E-state index in [1.54, 1.807) is 18.2 Å². The summed E-state index contributed by atoms with van der Waals surface area (Å²) in [6, 6.07) is 28.3. The first-order valence-corrected chi connectivity index (χ1v) is 13.5. The van der Waals surface area contributed by atoms with Crippen molar-refractivity contribution in [2.75, 3.05) is 0 Å². The van der Waals surface area contributed by atoms with Crippen molar-refractivity contribution >= 4 is 50.1 Å². The van der Waals surface area contributed by atoms with Gasteiger partial charge in [0.15, 0.2) is 0 Å². The van der Waals surface area contributed by atoms with Gasteiger partial charge in [0.25, 0.3) is 0 Å². The van der Waals surface area contributed by atoms with E-state index in [0.29, 0.717) is 5.84 Å². The van der Waals surface area contributed by atoms with Crippen LogP contribution in [0.5, 0.6) is 0 Å². The molecular weight excluding hydrogens is 486 g/mol. The van der Waals surface area contributed by atoms with Crippen LogP contribution in [0.25, 0.3) is 49.9 Å². The van der Waals surface area contributed by atoms with Crippen molar-refractivity contribution in [2.24, 2.45) is 0 Å². The molecule has 0 bridgehead atoms. The summed E-state index contributed by atoms with van der Waals surface area (Å²) in [6.07, 6.45) is 19.3. The Morgan fingerprint density at radius 2 is 1.60 bits per heavy atom. The summed E-state index contributed by atoms with van der Waals surface area (Å²) in [5.74, 6) is 0.303. The average Bonchev–Trinajstić information content (AvgIpc) is 3.32. The highest BCUT2D eigenvalue weighted by Crippen LogP contribution is 2.38. The molecule has 5 rings (SSSR count). The van der Waals surface area contributed by atoms with Crippen LogP contribution in [0.4, 0.5) is 0 Å². The number of rotatable bonds is 8. The van der Waals surface area contributed by atoms with Crippen molar-refractivity contribution < 1.29 is 0 Å². The fourth-order valence-electron chi connectivity index (χ4n) is 5.03. The summed E-state index contributed by atoms with van der Waals surface area (Å²) >= 11 is 0. The minimum absolute atomic E-state index is 0.303. The van der Waals surface area contributed by atoms with Crippen molar-refractivity contribution in [1.29, 1.82) is 5.41 Å². The zero-order chi connectivity index (χ0) is 27.9. The molecule has 0 atom stereocenters. The molecule has 0 aliphatic carbocycles. The lowest BCUT2D eigenvalue weighted by Crippen LogP contribution is -2.13. The summed E-state index contributed by atoms with van der Waals surface area (Å²) < 4.78 is 2.39. The van der Waals surface area contributed by atoms with E-state index in [1.807, 2.05) is 32.2 Å². The van der Waals surface area contributed by atoms with Gasteiger partial charge in [-0.2, -0.15) is 0 Å². The Morgan fingerprint density at radius 3 is 2.38 bits per heavy atom. The van der Waals surface area contributed by atoms with Crippen LogP contribution in [0, 0.1) is 5.41 Å². The number of amidine groups is 1. The molecule has 5 aromatic rings. The van der Waals surface area contributed by atoms with Crippen molar-refractivity contribution in [2.45, 2.75) is 13.8 Å². The maximum Gasteiger partial charge on any atom is 0.121 e. The SMILES string of the molecule is C=C/C=C\C(=N)N/C=C(\C=C/C)c1ccc2c(ccc3c4ccc(/C=C\C=C/C)cc4n(-c4ccccc4)c23)c1. The Labute approximate surface area is 236 Å². The Morgan fingerprint density at radius 1 is 0.800 bits per heavy atom. The first-order chi connectivity index (χ1) is 19.6. The molecule has 0 aliphatic heterocycles. The number of nitrogens with one attached hydrogen (secondary N) is 2. The molecule has 196 valence electrons. The number of hydrogen-bond acceptors (Lipinski definition) is 1. The van der Waals surface area contributed by atoms with Crippen LogP contribution >= 0.6 is 0 Å². The molecule has 0 fully saturated rings. The summed E-state index contributed by atoms with van der Waals surface area (Å²) in [4.78, 5) is 0. The standard InChI is InChI=1S/C37H33N3/c1-4-7-10-14-27-18-21-33-34-23-20-29-25-28(30(13-6-3)26-39-36(38)17-8-5-2)19-22-32(29)37(34)40(35(33)24-27)31-15-11-9-12-16-31/h4-26H,2H2,1,3H3,(H2,38,39)/b7-4-,13-6-,14-10-,17-8-,30-26+. The number of allylic oxidation sites excluding steroid dienone is 8. The molecular formula is C37H33N3. The summed E-state index contributed by atoms with van der Waals surface area (Å²) in [5.41, 5.74) is 6.77. The van der Waals surface area contributed by atoms with Crippen molar-refractivity contribution in [3.8, 4) is 5.69 Å². The van der Waals surface area contributed by atoms with Crippen LogP contribution in [-0.4, -0.2) is 10.4 Å². The summed E-state index contributed by atoms with van der Waals surface area (Å²) in [6.45, 7) is 7.70. The van der Waals surface area contributed by atoms with Crippen LogP contribution < -0.4 is 5.32 Å². The van der Waals surface area contributed by atoms with Gasteiger partial charge in [-0.15, -0.1) is 0 Å². The van der Waals surface area contributed by atoms with E-state index in [2.05, 4.69) is 120 Å². The number of hydrogen-bond donors (Lipinski definition) is 2. The molecule has 0 saturated carbocycles. The van der Waals surface area contributed by atoms with Gasteiger partial charge in [-0.25, -0.2) is 0 Å². The molecule has 1 heterocycles. The van der Waals surface area contributed by atoms with Crippen LogP contribution in [0.3, 0.4) is 0 Å². The maximum absolute atomic E-state index is 8.10. The smallest absolute Gasteiger partial charge is 0.121 e. The lowest BCUT2D eigenvalue weighted by atomic mass is 9.99. The van der Waals surface area contributed by atoms with Gasteiger partial charge in [0.1, 0.15) is 5.84 Å². The Hall–Kier alpha value is -5.15. The maximum atomic E-state index is 8.10. The quantitative estimate of drug-likeness (QED) is 0.120. The highest BCUT2D eigenvalue weighted by atomic mass is 15.0. The molecule has 0 radical (unpaired) electrons. The minimum atomic E-state index is 0.303. The number of nitrogens with zero attached hydrogens (tertiary/aromatic N) is 1. The minimum Gasteiger partial charge on any atom is -0.347 e. The third-order valence-corrected chi connectivity index (χ3v) is 6.84. The lowest BCUT2D eigenvalue weighted by molar-refractivity contribution is 1.19. The first-order valence-electron chi connectivity index (χ1n) is 13.5. The van der Waals surface area contributed by atoms with E-state index in [-0.39, 0.29) is 0 Å². The molecule has 0 spiro atoms. The van der Waals surface area contributed by atoms with Crippen LogP contribution in [0.1, 0.15) is 25.0 Å². The second-order valence-corrected chi connectivity index (χ2v) is 9.48. The van der Waals surface area contributed by atoms with Crippen molar-refractivity contribution in [3.63, 3.8) is 0 Å². The van der Waals surface area contributed by atoms with Gasteiger partial charge < -0.3 is 9.88 Å². The van der Waals surface area contributed by atoms with E-state index in [4.69, 9.17) is 5.41 Å². The molecule has 0 aliphatic rings. The predicted molar refractivity (Wildman–Crippen MR) is 175 cm³/mol. The Bertz CT molecular complexity index is 1860. The molecule has 2 N–H and O–H groups in total. The molecule has 0 saturated heterocycles. The number of fused-ring (bicyclic) bond motifs is 5. The molecule has 0 amide bonds. The van der Waals surface area contributed by atoms with Gasteiger partial charge in [-0.3, -0.25) is 5.41 Å². The molecule has 0 unspecified atom stereocenters. The number of para-hydroxylation sites is 1. The third-order valence-electron chi connectivity index (χ3n) is 6.84. The fraction of sp³-hybridized carbons (Fsp3) is 0.0541. The highest BCUT2D eigenvalue weighted by Gasteiger charge is 2.15. The molecule has 3 heteroatoms. The largest absolute Gasteiger partial charge is 0.347 e. The summed E-state index contributed by atoms with van der Waals surface area (Å²) in [5, 5.41) is 16.0. The normalized spacial score (nSPS) is 12.7. The van der Waals surface area contributed by atoms with E-state index in [0.717, 1.165) is 22.2 Å². The number of aromatic nitrogens is 1. The van der Waals surface area contributed by atoms with Gasteiger partial charge in [-0.05, 0) is 66.3 Å². The van der Waals surface area contributed by atoms with E-state index in [1.165, 1.54) is 32.8 Å². The fourth-order valence-corrected chi connectivity index (χ4v) is 5.03. The second-order valence-electron chi connectivity index (χ2n) is 9.48. The van der Waals surface area contributed by atoms with Gasteiger partial charge in [0.2, 0.25) is 0 Å². The summed E-state index contributed by atoms with van der Waals surface area (Å²) in [7, 11) is 0. The van der Waals surface area contributed by atoms with E-state index < -0.39 is 0 Å². The molecule has 1 aromatic heterocycles. The molecule has 3 nitrogen and oxygen atoms in total. The topological polar surface area (TPSA) is 40.8 Å². The van der Waals surface area contributed by atoms with Crippen molar-refractivity contribution in [3.05, 3.63) is 151 Å². The van der Waals surface area contributed by atoms with Crippen LogP contribution in [0.15, 0.2) is 140 Å². The molecule has 40 heavy (non-hydrogen) atoms. The third kappa shape index (κ3) is 5.36. The second kappa shape index (κ2) is 12.1. The zero-order valence-electron chi connectivity index (χ0n) is 22.9. The van der Waals surface area contributed by atoms with Gasteiger partial charge >= 0.3 is 0 Å². The average molecular weight is 520 g/mol. The first kappa shape index (κ1) is 26.5. The van der Waals surface area contributed by atoms with E-state index in [9.17, 15) is 0 Å². The Balaban J connectivity index is 1.71. The van der Waals surface area contributed by atoms with E-state index >= 15 is 0 Å². The highest BCUT2D eigenvalue weighted by molar-refractivity contribution is 6.19. The van der Waals surface area contributed by atoms with Crippen molar-refractivity contribution in [1.82, 2.24) is 9.88 Å². The van der Waals surface area contributed by atoms with Gasteiger partial charge in [-0.1, -0.05) is 110 Å². The molecule has 4 aromatic carbocycles. The predicted octanol–water partition coefficient (Wildman–Crippen LogP) is 9.75. The van der Waals surface area contributed by atoms with Crippen LogP contribution in [0.2, 0.25) is 0 Å². The Kier molecular flexibility index (Phi) is 8.03. The van der Waals surface area contributed by atoms with Gasteiger partial charge in [0.05, 0.1) is 11.0 Å².